The minimum absolute atomic E-state index is 0.0221. The third-order valence-electron chi connectivity index (χ3n) is 2.66. The summed E-state index contributed by atoms with van der Waals surface area (Å²) in [4.78, 5) is 22.9. The Morgan fingerprint density at radius 1 is 1.25 bits per heavy atom. The molecule has 0 saturated carbocycles. The van der Waals surface area contributed by atoms with E-state index in [1.807, 2.05) is 19.9 Å². The van der Waals surface area contributed by atoms with Crippen LogP contribution in [0.25, 0.3) is 0 Å². The molecule has 0 aliphatic carbocycles. The van der Waals surface area contributed by atoms with Crippen molar-refractivity contribution in [2.75, 3.05) is 25.0 Å². The molecule has 2 amide bonds. The molecule has 5 nitrogen and oxygen atoms in total. The van der Waals surface area contributed by atoms with Gasteiger partial charge in [-0.25, -0.2) is 0 Å². The zero-order valence-electron chi connectivity index (χ0n) is 11.8. The van der Waals surface area contributed by atoms with E-state index in [0.717, 1.165) is 5.56 Å². The molecule has 110 valence electrons. The van der Waals surface area contributed by atoms with Gasteiger partial charge >= 0.3 is 0 Å². The van der Waals surface area contributed by atoms with Gasteiger partial charge in [-0.1, -0.05) is 17.7 Å². The minimum atomic E-state index is -0.161. The van der Waals surface area contributed by atoms with E-state index in [1.165, 1.54) is 0 Å². The summed E-state index contributed by atoms with van der Waals surface area (Å²) < 4.78 is 0. The van der Waals surface area contributed by atoms with Crippen LogP contribution in [0.4, 0.5) is 5.69 Å². The molecule has 0 heterocycles. The molecule has 0 radical (unpaired) electrons. The van der Waals surface area contributed by atoms with Gasteiger partial charge in [0.15, 0.2) is 0 Å². The van der Waals surface area contributed by atoms with Crippen LogP contribution in [0.3, 0.4) is 0 Å². The zero-order chi connectivity index (χ0) is 15.0. The summed E-state index contributed by atoms with van der Waals surface area (Å²) in [5, 5.41) is 8.97. The molecule has 0 spiro atoms. The van der Waals surface area contributed by atoms with Crippen LogP contribution < -0.4 is 16.0 Å². The normalized spacial score (nSPS) is 10.2. The van der Waals surface area contributed by atoms with Crippen molar-refractivity contribution in [1.82, 2.24) is 10.6 Å². The molecule has 0 aliphatic heterocycles. The molecule has 0 atom stereocenters. The van der Waals surface area contributed by atoms with Gasteiger partial charge in [0.2, 0.25) is 11.8 Å². The van der Waals surface area contributed by atoms with E-state index in [0.29, 0.717) is 30.2 Å². The van der Waals surface area contributed by atoms with Crippen molar-refractivity contribution in [2.45, 2.75) is 20.3 Å². The van der Waals surface area contributed by atoms with Gasteiger partial charge in [-0.05, 0) is 31.5 Å². The topological polar surface area (TPSA) is 70.2 Å². The first-order valence-corrected chi connectivity index (χ1v) is 6.94. The lowest BCUT2D eigenvalue weighted by molar-refractivity contribution is -0.121. The van der Waals surface area contributed by atoms with Crippen LogP contribution in [0.2, 0.25) is 5.02 Å². The molecule has 0 aliphatic rings. The average molecular weight is 298 g/mol. The number of hydrogen-bond acceptors (Lipinski definition) is 3. The lowest BCUT2D eigenvalue weighted by atomic mass is 10.2. The number of carbonyl (C=O) groups is 2. The number of amides is 2. The zero-order valence-corrected chi connectivity index (χ0v) is 12.5. The highest BCUT2D eigenvalue weighted by Gasteiger charge is 2.05. The van der Waals surface area contributed by atoms with Gasteiger partial charge in [0.25, 0.3) is 0 Å². The lowest BCUT2D eigenvalue weighted by Crippen LogP contribution is -2.32. The third kappa shape index (κ3) is 6.04. The first-order valence-electron chi connectivity index (χ1n) is 6.56. The maximum Gasteiger partial charge on any atom is 0.238 e. The third-order valence-corrected chi connectivity index (χ3v) is 2.90. The number of hydrogen-bond donors (Lipinski definition) is 3. The number of anilines is 1. The predicted octanol–water partition coefficient (Wildman–Crippen LogP) is 1.70. The molecule has 3 N–H and O–H groups in total. The lowest BCUT2D eigenvalue weighted by Gasteiger charge is -2.09. The first kappa shape index (κ1) is 16.5. The molecule has 0 fully saturated rings. The molecule has 0 unspecified atom stereocenters. The molecule has 20 heavy (non-hydrogen) atoms. The van der Waals surface area contributed by atoms with Crippen molar-refractivity contribution in [1.29, 1.82) is 0 Å². The second kappa shape index (κ2) is 8.55. The molecule has 1 aromatic carbocycles. The Morgan fingerprint density at radius 2 is 2.00 bits per heavy atom. The summed E-state index contributed by atoms with van der Waals surface area (Å²) in [7, 11) is 0. The number of aryl methyl sites for hydroxylation is 1. The number of nitrogens with one attached hydrogen (secondary N) is 3. The fourth-order valence-corrected chi connectivity index (χ4v) is 1.78. The number of carbonyl (C=O) groups excluding carboxylic acids is 2. The predicted molar refractivity (Wildman–Crippen MR) is 81.0 cm³/mol. The largest absolute Gasteiger partial charge is 0.356 e. The molecule has 0 bridgehead atoms. The van der Waals surface area contributed by atoms with Crippen LogP contribution in [0.15, 0.2) is 18.2 Å². The number of rotatable bonds is 7. The quantitative estimate of drug-likeness (QED) is 0.671. The standard InChI is InChI=1S/C14H20ClN3O2/c1-3-17-13(19)6-7-16-9-14(20)18-12-8-11(15)5-4-10(12)2/h4-5,8,16H,3,6-7,9H2,1-2H3,(H,17,19)(H,18,20). The summed E-state index contributed by atoms with van der Waals surface area (Å²) >= 11 is 5.88. The van der Waals surface area contributed by atoms with Crippen LogP contribution in [-0.2, 0) is 9.59 Å². The van der Waals surface area contributed by atoms with Crippen molar-refractivity contribution in [3.63, 3.8) is 0 Å². The number of halogens is 1. The van der Waals surface area contributed by atoms with Gasteiger partial charge in [0.05, 0.1) is 6.54 Å². The van der Waals surface area contributed by atoms with E-state index >= 15 is 0 Å². The van der Waals surface area contributed by atoms with Gasteiger partial charge in [0.1, 0.15) is 0 Å². The van der Waals surface area contributed by atoms with Crippen molar-refractivity contribution in [2.24, 2.45) is 0 Å². The Hall–Kier alpha value is -1.59. The van der Waals surface area contributed by atoms with Crippen molar-refractivity contribution in [3.8, 4) is 0 Å². The van der Waals surface area contributed by atoms with Crippen LogP contribution in [0.1, 0.15) is 18.9 Å². The van der Waals surface area contributed by atoms with Gasteiger partial charge in [-0.2, -0.15) is 0 Å². The Bertz CT molecular complexity index is 477. The molecule has 1 rings (SSSR count). The van der Waals surface area contributed by atoms with Gasteiger partial charge in [-0.3, -0.25) is 9.59 Å². The molecular formula is C14H20ClN3O2. The summed E-state index contributed by atoms with van der Waals surface area (Å²) in [6.45, 7) is 5.01. The first-order chi connectivity index (χ1) is 9.52. The van der Waals surface area contributed by atoms with Crippen LogP contribution in [0.5, 0.6) is 0 Å². The van der Waals surface area contributed by atoms with Crippen molar-refractivity contribution >= 4 is 29.1 Å². The van der Waals surface area contributed by atoms with Crippen molar-refractivity contribution < 1.29 is 9.59 Å². The fourth-order valence-electron chi connectivity index (χ4n) is 1.61. The second-order valence-electron chi connectivity index (χ2n) is 4.39. The monoisotopic (exact) mass is 297 g/mol. The Labute approximate surface area is 124 Å². The van der Waals surface area contributed by atoms with Crippen LogP contribution in [-0.4, -0.2) is 31.4 Å². The Balaban J connectivity index is 2.30. The fraction of sp³-hybridized carbons (Fsp3) is 0.429. The van der Waals surface area contributed by atoms with Gasteiger partial charge in [-0.15, -0.1) is 0 Å². The van der Waals surface area contributed by atoms with E-state index in [9.17, 15) is 9.59 Å². The second-order valence-corrected chi connectivity index (χ2v) is 4.82. The highest BCUT2D eigenvalue weighted by Crippen LogP contribution is 2.19. The van der Waals surface area contributed by atoms with Crippen LogP contribution in [0, 0.1) is 6.92 Å². The van der Waals surface area contributed by atoms with Gasteiger partial charge in [0, 0.05) is 30.2 Å². The maximum atomic E-state index is 11.7. The summed E-state index contributed by atoms with van der Waals surface area (Å²) in [5.74, 6) is -0.183. The van der Waals surface area contributed by atoms with E-state index < -0.39 is 0 Å². The highest BCUT2D eigenvalue weighted by atomic mass is 35.5. The minimum Gasteiger partial charge on any atom is -0.356 e. The summed E-state index contributed by atoms with van der Waals surface area (Å²) in [6.07, 6.45) is 0.358. The smallest absolute Gasteiger partial charge is 0.238 e. The Morgan fingerprint density at radius 3 is 2.70 bits per heavy atom. The van der Waals surface area contributed by atoms with Gasteiger partial charge < -0.3 is 16.0 Å². The molecule has 0 saturated heterocycles. The average Bonchev–Trinajstić information content (AvgIpc) is 2.39. The molecular weight excluding hydrogens is 278 g/mol. The molecule has 1 aromatic rings. The SMILES string of the molecule is CCNC(=O)CCNCC(=O)Nc1cc(Cl)ccc1C. The summed E-state index contributed by atoms with van der Waals surface area (Å²) in [6, 6.07) is 5.33. The maximum absolute atomic E-state index is 11.7. The van der Waals surface area contributed by atoms with E-state index in [2.05, 4.69) is 16.0 Å². The van der Waals surface area contributed by atoms with E-state index in [4.69, 9.17) is 11.6 Å². The van der Waals surface area contributed by atoms with Crippen LogP contribution >= 0.6 is 11.6 Å². The van der Waals surface area contributed by atoms with E-state index in [1.54, 1.807) is 12.1 Å². The summed E-state index contributed by atoms with van der Waals surface area (Å²) in [5.41, 5.74) is 1.65. The number of benzene rings is 1. The van der Waals surface area contributed by atoms with Crippen molar-refractivity contribution in [3.05, 3.63) is 28.8 Å². The molecule has 6 heteroatoms. The Kier molecular flexibility index (Phi) is 7.04. The molecule has 0 aromatic heterocycles. The highest BCUT2D eigenvalue weighted by molar-refractivity contribution is 6.31. The van der Waals surface area contributed by atoms with E-state index in [-0.39, 0.29) is 18.4 Å².